The molecule has 0 radical (unpaired) electrons. The summed E-state index contributed by atoms with van der Waals surface area (Å²) in [6.07, 6.45) is 1.57. The molecule has 2 N–H and O–H groups in total. The standard InChI is InChI=1S/C22H32ClN3O4/c1-22(2,3)30-21(28)25-10-8-17(9-11-25)26-13-19(20(24)27)29-14-18(26)12-15-4-6-16(23)7-5-15/h4-7,17-19H,8-14H2,1-3H3,(H2,24,27). The predicted octanol–water partition coefficient (Wildman–Crippen LogP) is 2.84. The number of nitrogens with zero attached hydrogens (tertiary/aromatic N) is 2. The second-order valence-electron chi connectivity index (χ2n) is 9.10. The smallest absolute Gasteiger partial charge is 0.410 e. The largest absolute Gasteiger partial charge is 0.444 e. The third-order valence-corrected chi connectivity index (χ3v) is 5.87. The quantitative estimate of drug-likeness (QED) is 0.782. The molecule has 8 heteroatoms. The van der Waals surface area contributed by atoms with E-state index in [1.807, 2.05) is 45.0 Å². The molecule has 166 valence electrons. The molecule has 1 aromatic carbocycles. The maximum Gasteiger partial charge on any atom is 0.410 e. The number of halogens is 1. The van der Waals surface area contributed by atoms with Gasteiger partial charge in [-0.05, 0) is 57.7 Å². The Balaban J connectivity index is 1.65. The molecule has 2 aliphatic rings. The van der Waals surface area contributed by atoms with Crippen LogP contribution >= 0.6 is 11.6 Å². The van der Waals surface area contributed by atoms with Gasteiger partial charge in [-0.2, -0.15) is 0 Å². The molecule has 0 aliphatic carbocycles. The van der Waals surface area contributed by atoms with Crippen LogP contribution in [0.4, 0.5) is 4.79 Å². The van der Waals surface area contributed by atoms with Gasteiger partial charge in [0.2, 0.25) is 5.91 Å². The van der Waals surface area contributed by atoms with Crippen LogP contribution in [0, 0.1) is 0 Å². The Morgan fingerprint density at radius 1 is 1.20 bits per heavy atom. The topological polar surface area (TPSA) is 85.1 Å². The lowest BCUT2D eigenvalue weighted by Crippen LogP contribution is -2.59. The van der Waals surface area contributed by atoms with Gasteiger partial charge in [-0.1, -0.05) is 23.7 Å². The normalized spacial score (nSPS) is 23.9. The Morgan fingerprint density at radius 3 is 2.40 bits per heavy atom. The minimum Gasteiger partial charge on any atom is -0.444 e. The van der Waals surface area contributed by atoms with Crippen molar-refractivity contribution in [2.24, 2.45) is 5.73 Å². The number of benzene rings is 1. The van der Waals surface area contributed by atoms with E-state index in [0.717, 1.165) is 19.3 Å². The molecule has 2 saturated heterocycles. The highest BCUT2D eigenvalue weighted by atomic mass is 35.5. The number of morpholine rings is 1. The zero-order chi connectivity index (χ0) is 21.9. The monoisotopic (exact) mass is 437 g/mol. The van der Waals surface area contributed by atoms with Crippen molar-refractivity contribution in [3.63, 3.8) is 0 Å². The van der Waals surface area contributed by atoms with E-state index < -0.39 is 17.6 Å². The third kappa shape index (κ3) is 6.09. The second kappa shape index (κ2) is 9.54. The first kappa shape index (κ1) is 22.8. The van der Waals surface area contributed by atoms with E-state index in [1.54, 1.807) is 4.90 Å². The van der Waals surface area contributed by atoms with Crippen LogP contribution < -0.4 is 5.73 Å². The summed E-state index contributed by atoms with van der Waals surface area (Å²) in [5, 5.41) is 0.707. The second-order valence-corrected chi connectivity index (χ2v) is 9.54. The van der Waals surface area contributed by atoms with E-state index in [-0.39, 0.29) is 18.2 Å². The van der Waals surface area contributed by atoms with E-state index in [1.165, 1.54) is 5.56 Å². The first-order chi connectivity index (χ1) is 14.1. The molecule has 0 bridgehead atoms. The van der Waals surface area contributed by atoms with Crippen LogP contribution in [0.3, 0.4) is 0 Å². The van der Waals surface area contributed by atoms with E-state index in [9.17, 15) is 9.59 Å². The molecule has 2 unspecified atom stereocenters. The molecule has 2 atom stereocenters. The summed E-state index contributed by atoms with van der Waals surface area (Å²) in [6, 6.07) is 8.20. The highest BCUT2D eigenvalue weighted by molar-refractivity contribution is 6.30. The van der Waals surface area contributed by atoms with Crippen molar-refractivity contribution in [3.8, 4) is 0 Å². The van der Waals surface area contributed by atoms with Gasteiger partial charge in [-0.3, -0.25) is 9.69 Å². The van der Waals surface area contributed by atoms with Gasteiger partial charge < -0.3 is 20.1 Å². The number of carbonyl (C=O) groups is 2. The molecule has 30 heavy (non-hydrogen) atoms. The zero-order valence-electron chi connectivity index (χ0n) is 18.0. The van der Waals surface area contributed by atoms with Gasteiger partial charge in [-0.25, -0.2) is 4.79 Å². The van der Waals surface area contributed by atoms with Crippen molar-refractivity contribution in [2.45, 2.75) is 63.8 Å². The van der Waals surface area contributed by atoms with Crippen LogP contribution in [0.15, 0.2) is 24.3 Å². The fourth-order valence-electron chi connectivity index (χ4n) is 4.11. The van der Waals surface area contributed by atoms with Gasteiger partial charge in [0.15, 0.2) is 0 Å². The summed E-state index contributed by atoms with van der Waals surface area (Å²) in [5.41, 5.74) is 6.18. The van der Waals surface area contributed by atoms with Gasteiger partial charge >= 0.3 is 6.09 Å². The number of nitrogens with two attached hydrogens (primary N) is 1. The van der Waals surface area contributed by atoms with Gasteiger partial charge in [0.05, 0.1) is 6.61 Å². The number of piperidine rings is 1. The predicted molar refractivity (Wildman–Crippen MR) is 115 cm³/mol. The summed E-state index contributed by atoms with van der Waals surface area (Å²) in [6.45, 7) is 7.80. The number of primary amides is 1. The molecule has 2 amide bonds. The fourth-order valence-corrected chi connectivity index (χ4v) is 4.24. The van der Waals surface area contributed by atoms with E-state index in [2.05, 4.69) is 4.90 Å². The van der Waals surface area contributed by atoms with Crippen LogP contribution in [-0.4, -0.2) is 71.8 Å². The van der Waals surface area contributed by atoms with Crippen molar-refractivity contribution < 1.29 is 19.1 Å². The average Bonchev–Trinajstić information content (AvgIpc) is 2.68. The van der Waals surface area contributed by atoms with Crippen LogP contribution in [0.5, 0.6) is 0 Å². The van der Waals surface area contributed by atoms with Crippen LogP contribution in [0.2, 0.25) is 5.02 Å². The van der Waals surface area contributed by atoms with E-state index in [0.29, 0.717) is 31.3 Å². The summed E-state index contributed by atoms with van der Waals surface area (Å²) in [4.78, 5) is 28.2. The van der Waals surface area contributed by atoms with Crippen molar-refractivity contribution >= 4 is 23.6 Å². The molecular formula is C22H32ClN3O4. The Labute approximate surface area is 183 Å². The molecular weight excluding hydrogens is 406 g/mol. The van der Waals surface area contributed by atoms with Crippen molar-refractivity contribution in [1.82, 2.24) is 9.80 Å². The average molecular weight is 438 g/mol. The molecule has 0 aromatic heterocycles. The first-order valence-electron chi connectivity index (χ1n) is 10.5. The van der Waals surface area contributed by atoms with Crippen LogP contribution in [0.1, 0.15) is 39.2 Å². The van der Waals surface area contributed by atoms with Crippen molar-refractivity contribution in [2.75, 3.05) is 26.2 Å². The first-order valence-corrected chi connectivity index (χ1v) is 10.9. The molecule has 3 rings (SSSR count). The Hall–Kier alpha value is -1.83. The van der Waals surface area contributed by atoms with Gasteiger partial charge in [0.1, 0.15) is 11.7 Å². The third-order valence-electron chi connectivity index (χ3n) is 5.62. The molecule has 1 aromatic rings. The number of ether oxygens (including phenoxy) is 2. The summed E-state index contributed by atoms with van der Waals surface area (Å²) in [7, 11) is 0. The van der Waals surface area contributed by atoms with E-state index in [4.69, 9.17) is 26.8 Å². The number of hydrogen-bond donors (Lipinski definition) is 1. The number of amides is 2. The highest BCUT2D eigenvalue weighted by Crippen LogP contribution is 2.26. The molecule has 2 aliphatic heterocycles. The van der Waals surface area contributed by atoms with Crippen LogP contribution in [-0.2, 0) is 20.7 Å². The SMILES string of the molecule is CC(C)(C)OC(=O)N1CCC(N2CC(C(N)=O)OCC2Cc2ccc(Cl)cc2)CC1. The summed E-state index contributed by atoms with van der Waals surface area (Å²) >= 11 is 6.01. The number of rotatable bonds is 4. The molecule has 2 heterocycles. The van der Waals surface area contributed by atoms with Crippen molar-refractivity contribution in [1.29, 1.82) is 0 Å². The number of likely N-dealkylation sites (tertiary alicyclic amines) is 1. The minimum absolute atomic E-state index is 0.139. The molecule has 0 spiro atoms. The summed E-state index contributed by atoms with van der Waals surface area (Å²) < 4.78 is 11.3. The molecule has 7 nitrogen and oxygen atoms in total. The van der Waals surface area contributed by atoms with Gasteiger partial charge in [0.25, 0.3) is 0 Å². The zero-order valence-corrected chi connectivity index (χ0v) is 18.7. The lowest BCUT2D eigenvalue weighted by molar-refractivity contribution is -0.142. The lowest BCUT2D eigenvalue weighted by atomic mass is 9.96. The van der Waals surface area contributed by atoms with Gasteiger partial charge in [0, 0.05) is 36.7 Å². The van der Waals surface area contributed by atoms with Gasteiger partial charge in [-0.15, -0.1) is 0 Å². The summed E-state index contributed by atoms with van der Waals surface area (Å²) in [5.74, 6) is -0.434. The molecule has 0 saturated carbocycles. The minimum atomic E-state index is -0.602. The number of carbonyl (C=O) groups excluding carboxylic acids is 2. The maximum atomic E-state index is 12.4. The lowest BCUT2D eigenvalue weighted by Gasteiger charge is -2.46. The Morgan fingerprint density at radius 2 is 1.83 bits per heavy atom. The molecule has 2 fully saturated rings. The Bertz CT molecular complexity index is 742. The van der Waals surface area contributed by atoms with Crippen LogP contribution in [0.25, 0.3) is 0 Å². The van der Waals surface area contributed by atoms with Crippen molar-refractivity contribution in [3.05, 3.63) is 34.9 Å². The Kier molecular flexibility index (Phi) is 7.26. The maximum absolute atomic E-state index is 12.4. The number of hydrogen-bond acceptors (Lipinski definition) is 5. The fraction of sp³-hybridized carbons (Fsp3) is 0.636. The van der Waals surface area contributed by atoms with E-state index >= 15 is 0 Å². The highest BCUT2D eigenvalue weighted by Gasteiger charge is 2.38.